The lowest BCUT2D eigenvalue weighted by atomic mass is 10.0. The molecular formula is C26H24ClN3O3. The number of carbonyl (C=O) groups excluding carboxylic acids is 2. The van der Waals surface area contributed by atoms with E-state index in [4.69, 9.17) is 16.3 Å². The molecule has 0 atom stereocenters. The lowest BCUT2D eigenvalue weighted by Gasteiger charge is -2.15. The van der Waals surface area contributed by atoms with Crippen LogP contribution in [0.15, 0.2) is 72.7 Å². The van der Waals surface area contributed by atoms with Gasteiger partial charge in [-0.05, 0) is 67.8 Å². The predicted molar refractivity (Wildman–Crippen MR) is 129 cm³/mol. The minimum Gasteiger partial charge on any atom is -0.491 e. The van der Waals surface area contributed by atoms with Crippen molar-refractivity contribution in [1.29, 1.82) is 0 Å². The zero-order valence-corrected chi connectivity index (χ0v) is 19.4. The number of hydrogen-bond acceptors (Lipinski definition) is 5. The number of nitrogens with one attached hydrogen (secondary N) is 1. The van der Waals surface area contributed by atoms with E-state index in [2.05, 4.69) is 10.3 Å². The van der Waals surface area contributed by atoms with E-state index in [0.29, 0.717) is 27.6 Å². The SMILES string of the molecule is Cc1ccc(Cl)cc1NC1=C(c2ccc(OC(C)C)cc2)C(=O)N(Cc2cccnc2)C1=O. The minimum atomic E-state index is -0.402. The van der Waals surface area contributed by atoms with Crippen LogP contribution in [-0.2, 0) is 16.1 Å². The number of imide groups is 1. The van der Waals surface area contributed by atoms with E-state index in [9.17, 15) is 9.59 Å². The molecule has 168 valence electrons. The molecule has 1 aromatic heterocycles. The fourth-order valence-electron chi connectivity index (χ4n) is 3.61. The molecule has 33 heavy (non-hydrogen) atoms. The first-order valence-electron chi connectivity index (χ1n) is 10.6. The molecule has 0 bridgehead atoms. The van der Waals surface area contributed by atoms with Crippen molar-refractivity contribution in [1.82, 2.24) is 9.88 Å². The fourth-order valence-corrected chi connectivity index (χ4v) is 3.79. The van der Waals surface area contributed by atoms with Crippen molar-refractivity contribution in [3.05, 3.63) is 94.4 Å². The molecular weight excluding hydrogens is 438 g/mol. The lowest BCUT2D eigenvalue weighted by Crippen LogP contribution is -2.32. The highest BCUT2D eigenvalue weighted by molar-refractivity contribution is 6.36. The third kappa shape index (κ3) is 4.91. The van der Waals surface area contributed by atoms with Crippen molar-refractivity contribution in [3.63, 3.8) is 0 Å². The Balaban J connectivity index is 1.74. The van der Waals surface area contributed by atoms with Gasteiger partial charge in [0.1, 0.15) is 11.4 Å². The van der Waals surface area contributed by atoms with Gasteiger partial charge in [0.05, 0.1) is 18.2 Å². The summed E-state index contributed by atoms with van der Waals surface area (Å²) in [5.74, 6) is -0.0807. The monoisotopic (exact) mass is 461 g/mol. The van der Waals surface area contributed by atoms with Gasteiger partial charge in [0, 0.05) is 23.1 Å². The van der Waals surface area contributed by atoms with Crippen LogP contribution in [0.5, 0.6) is 5.75 Å². The molecule has 3 aromatic rings. The van der Waals surface area contributed by atoms with E-state index in [1.54, 1.807) is 54.9 Å². The second kappa shape index (κ2) is 9.46. The molecule has 0 saturated carbocycles. The molecule has 0 fully saturated rings. The second-order valence-electron chi connectivity index (χ2n) is 8.08. The van der Waals surface area contributed by atoms with E-state index in [1.807, 2.05) is 32.9 Å². The number of halogens is 1. The summed E-state index contributed by atoms with van der Waals surface area (Å²) in [6.07, 6.45) is 3.32. The van der Waals surface area contributed by atoms with E-state index < -0.39 is 5.91 Å². The molecule has 1 aliphatic rings. The van der Waals surface area contributed by atoms with Gasteiger partial charge in [0.25, 0.3) is 11.8 Å². The van der Waals surface area contributed by atoms with Crippen molar-refractivity contribution >= 4 is 34.7 Å². The van der Waals surface area contributed by atoms with Gasteiger partial charge in [-0.2, -0.15) is 0 Å². The average molecular weight is 462 g/mol. The first-order valence-corrected chi connectivity index (χ1v) is 11.0. The standard InChI is InChI=1S/C26H24ClN3O3/c1-16(2)33-21-10-7-19(8-11-21)23-24(29-22-13-20(27)9-6-17(22)3)26(32)30(25(23)31)15-18-5-4-12-28-14-18/h4-14,16,29H,15H2,1-3H3. The largest absolute Gasteiger partial charge is 0.491 e. The molecule has 4 rings (SSSR count). The number of hydrogen-bond donors (Lipinski definition) is 1. The van der Waals surface area contributed by atoms with Gasteiger partial charge >= 0.3 is 0 Å². The Bertz CT molecular complexity index is 1220. The Morgan fingerprint density at radius 1 is 1.06 bits per heavy atom. The van der Waals surface area contributed by atoms with Crippen molar-refractivity contribution in [2.24, 2.45) is 0 Å². The van der Waals surface area contributed by atoms with Crippen LogP contribution in [0.3, 0.4) is 0 Å². The molecule has 1 N–H and O–H groups in total. The van der Waals surface area contributed by atoms with E-state index in [-0.39, 0.29) is 24.3 Å². The van der Waals surface area contributed by atoms with Gasteiger partial charge in [-0.1, -0.05) is 35.9 Å². The van der Waals surface area contributed by atoms with Crippen molar-refractivity contribution < 1.29 is 14.3 Å². The van der Waals surface area contributed by atoms with Crippen LogP contribution < -0.4 is 10.1 Å². The first-order chi connectivity index (χ1) is 15.8. The number of rotatable bonds is 7. The summed E-state index contributed by atoms with van der Waals surface area (Å²) in [4.78, 5) is 32.2. The third-order valence-corrected chi connectivity index (χ3v) is 5.44. The maximum absolute atomic E-state index is 13.5. The van der Waals surface area contributed by atoms with Gasteiger partial charge in [-0.25, -0.2) is 0 Å². The Labute approximate surface area is 197 Å². The van der Waals surface area contributed by atoms with E-state index >= 15 is 0 Å². The fraction of sp³-hybridized carbons (Fsp3) is 0.192. The van der Waals surface area contributed by atoms with Crippen LogP contribution in [0.4, 0.5) is 5.69 Å². The topological polar surface area (TPSA) is 71.5 Å². The first kappa shape index (κ1) is 22.6. The Morgan fingerprint density at radius 2 is 1.82 bits per heavy atom. The van der Waals surface area contributed by atoms with Gasteiger partial charge in [0.2, 0.25) is 0 Å². The quantitative estimate of drug-likeness (QED) is 0.488. The van der Waals surface area contributed by atoms with Crippen LogP contribution in [0.25, 0.3) is 5.57 Å². The minimum absolute atomic E-state index is 0.0303. The van der Waals surface area contributed by atoms with Crippen LogP contribution in [0, 0.1) is 6.92 Å². The maximum Gasteiger partial charge on any atom is 0.278 e. The summed E-state index contributed by atoms with van der Waals surface area (Å²) in [5, 5.41) is 3.71. The predicted octanol–water partition coefficient (Wildman–Crippen LogP) is 5.22. The molecule has 2 aromatic carbocycles. The summed E-state index contributed by atoms with van der Waals surface area (Å²) in [5.41, 5.74) is 3.47. The second-order valence-corrected chi connectivity index (χ2v) is 8.52. The summed E-state index contributed by atoms with van der Waals surface area (Å²) in [7, 11) is 0. The average Bonchev–Trinajstić information content (AvgIpc) is 3.01. The van der Waals surface area contributed by atoms with Gasteiger partial charge < -0.3 is 10.1 Å². The van der Waals surface area contributed by atoms with Gasteiger partial charge in [-0.15, -0.1) is 0 Å². The molecule has 2 amide bonds. The highest BCUT2D eigenvalue weighted by Gasteiger charge is 2.39. The number of amides is 2. The highest BCUT2D eigenvalue weighted by Crippen LogP contribution is 2.33. The van der Waals surface area contributed by atoms with Crippen molar-refractivity contribution in [3.8, 4) is 5.75 Å². The number of anilines is 1. The lowest BCUT2D eigenvalue weighted by molar-refractivity contribution is -0.137. The van der Waals surface area contributed by atoms with E-state index in [1.165, 1.54) is 4.90 Å². The normalized spacial score (nSPS) is 13.8. The number of ether oxygens (including phenoxy) is 1. The van der Waals surface area contributed by atoms with Crippen LogP contribution in [0.1, 0.15) is 30.5 Å². The van der Waals surface area contributed by atoms with Gasteiger partial charge in [0.15, 0.2) is 0 Å². The zero-order chi connectivity index (χ0) is 23.5. The number of pyridine rings is 1. The molecule has 0 radical (unpaired) electrons. The molecule has 2 heterocycles. The summed E-state index contributed by atoms with van der Waals surface area (Å²) in [6, 6.07) is 16.2. The van der Waals surface area contributed by atoms with Crippen molar-refractivity contribution in [2.75, 3.05) is 5.32 Å². The number of benzene rings is 2. The van der Waals surface area contributed by atoms with Crippen molar-refractivity contribution in [2.45, 2.75) is 33.4 Å². The Morgan fingerprint density at radius 3 is 2.48 bits per heavy atom. The molecule has 6 nitrogen and oxygen atoms in total. The van der Waals surface area contributed by atoms with Crippen LogP contribution in [-0.4, -0.2) is 27.8 Å². The smallest absolute Gasteiger partial charge is 0.278 e. The summed E-state index contributed by atoms with van der Waals surface area (Å²) < 4.78 is 5.72. The molecule has 0 unspecified atom stereocenters. The molecule has 0 saturated heterocycles. The van der Waals surface area contributed by atoms with Crippen LogP contribution in [0.2, 0.25) is 5.02 Å². The maximum atomic E-state index is 13.5. The van der Waals surface area contributed by atoms with E-state index in [0.717, 1.165) is 11.1 Å². The summed E-state index contributed by atoms with van der Waals surface area (Å²) >= 11 is 6.18. The Kier molecular flexibility index (Phi) is 6.47. The van der Waals surface area contributed by atoms with Crippen LogP contribution >= 0.6 is 11.6 Å². The molecule has 0 spiro atoms. The number of nitrogens with zero attached hydrogens (tertiary/aromatic N) is 2. The number of aryl methyl sites for hydroxylation is 1. The third-order valence-electron chi connectivity index (χ3n) is 5.21. The molecule has 1 aliphatic heterocycles. The molecule has 0 aliphatic carbocycles. The van der Waals surface area contributed by atoms with Gasteiger partial charge in [-0.3, -0.25) is 19.5 Å². The molecule has 7 heteroatoms. The zero-order valence-electron chi connectivity index (χ0n) is 18.6. The number of carbonyl (C=O) groups is 2. The highest BCUT2D eigenvalue weighted by atomic mass is 35.5. The Hall–Kier alpha value is -3.64. The summed E-state index contributed by atoms with van der Waals surface area (Å²) in [6.45, 7) is 5.93. The number of aromatic nitrogens is 1.